The highest BCUT2D eigenvalue weighted by atomic mass is 14.3. The van der Waals surface area contributed by atoms with Crippen LogP contribution in [0.15, 0.2) is 91.0 Å². The van der Waals surface area contributed by atoms with Gasteiger partial charge in [0.1, 0.15) is 0 Å². The Morgan fingerprint density at radius 2 is 0.700 bits per heavy atom. The largest absolute Gasteiger partial charge is 0.0622 e. The highest BCUT2D eigenvalue weighted by Gasteiger charge is 2.30. The second-order valence-electron chi connectivity index (χ2n) is 5.22. The Morgan fingerprint density at radius 1 is 0.450 bits per heavy atom. The lowest BCUT2D eigenvalue weighted by Gasteiger charge is -2.31. The molecule has 0 bridgehead atoms. The van der Waals surface area contributed by atoms with Crippen molar-refractivity contribution in [1.29, 1.82) is 0 Å². The van der Waals surface area contributed by atoms with Gasteiger partial charge in [0.2, 0.25) is 0 Å². The van der Waals surface area contributed by atoms with Crippen LogP contribution < -0.4 is 0 Å². The second kappa shape index (κ2) is 5.34. The molecule has 98 valence electrons. The third-order valence-corrected chi connectivity index (χ3v) is 4.05. The van der Waals surface area contributed by atoms with Gasteiger partial charge in [-0.25, -0.2) is 0 Å². The van der Waals surface area contributed by atoms with Crippen molar-refractivity contribution in [2.24, 2.45) is 0 Å². The summed E-state index contributed by atoms with van der Waals surface area (Å²) in [7, 11) is 0. The molecule has 0 saturated heterocycles. The molecule has 3 aromatic rings. The maximum atomic E-state index is 2.30. The molecule has 0 fully saturated rings. The molecule has 0 amide bonds. The van der Waals surface area contributed by atoms with E-state index in [1.807, 2.05) is 0 Å². The number of hydrogen-bond acceptors (Lipinski definition) is 0. The van der Waals surface area contributed by atoms with Crippen LogP contribution in [0.4, 0.5) is 0 Å². The molecule has 0 N–H and O–H groups in total. The van der Waals surface area contributed by atoms with Crippen molar-refractivity contribution >= 4 is 0 Å². The number of hydrogen-bond donors (Lipinski definition) is 0. The van der Waals surface area contributed by atoms with Gasteiger partial charge in [0.15, 0.2) is 0 Å². The third kappa shape index (κ3) is 2.14. The summed E-state index contributed by atoms with van der Waals surface area (Å²) in [5.74, 6) is 0. The van der Waals surface area contributed by atoms with Crippen LogP contribution >= 0.6 is 0 Å². The van der Waals surface area contributed by atoms with E-state index in [0.717, 1.165) is 0 Å². The molecular formula is C20H18. The predicted molar refractivity (Wildman–Crippen MR) is 84.9 cm³/mol. The average molecular weight is 258 g/mol. The van der Waals surface area contributed by atoms with E-state index in [1.165, 1.54) is 16.7 Å². The standard InChI is InChI=1S/C20H18/c1-20(17-11-5-2-6-12-17,18-13-7-3-8-14-18)19-15-9-4-10-16-19/h2-16H,1H3. The summed E-state index contributed by atoms with van der Waals surface area (Å²) in [6.07, 6.45) is 0. The van der Waals surface area contributed by atoms with E-state index in [2.05, 4.69) is 97.9 Å². The van der Waals surface area contributed by atoms with Crippen molar-refractivity contribution in [3.8, 4) is 0 Å². The first-order chi connectivity index (χ1) is 9.82. The van der Waals surface area contributed by atoms with Crippen LogP contribution in [0.5, 0.6) is 0 Å². The molecule has 0 aliphatic carbocycles. The van der Waals surface area contributed by atoms with Crippen LogP contribution in [0.25, 0.3) is 0 Å². The summed E-state index contributed by atoms with van der Waals surface area (Å²) in [5.41, 5.74) is 3.83. The molecule has 3 aromatic carbocycles. The lowest BCUT2D eigenvalue weighted by atomic mass is 9.71. The molecule has 0 nitrogen and oxygen atoms in total. The van der Waals surface area contributed by atoms with Crippen molar-refractivity contribution in [1.82, 2.24) is 0 Å². The molecule has 0 aliphatic rings. The van der Waals surface area contributed by atoms with E-state index in [1.54, 1.807) is 0 Å². The first-order valence-electron chi connectivity index (χ1n) is 6.98. The smallest absolute Gasteiger partial charge is 0.0423 e. The fourth-order valence-corrected chi connectivity index (χ4v) is 2.81. The Balaban J connectivity index is 2.24. The summed E-state index contributed by atoms with van der Waals surface area (Å²) in [5, 5.41) is 0. The van der Waals surface area contributed by atoms with Gasteiger partial charge in [-0.15, -0.1) is 0 Å². The minimum Gasteiger partial charge on any atom is -0.0622 e. The zero-order chi connectivity index (χ0) is 13.8. The molecule has 20 heavy (non-hydrogen) atoms. The fraction of sp³-hybridized carbons (Fsp3) is 0.100. The Labute approximate surface area is 120 Å². The third-order valence-electron chi connectivity index (χ3n) is 4.05. The van der Waals surface area contributed by atoms with Crippen molar-refractivity contribution < 1.29 is 0 Å². The molecule has 0 heterocycles. The normalized spacial score (nSPS) is 11.2. The number of rotatable bonds is 3. The van der Waals surface area contributed by atoms with Gasteiger partial charge in [-0.2, -0.15) is 0 Å². The molecule has 0 atom stereocenters. The maximum absolute atomic E-state index is 2.30. The minimum atomic E-state index is -0.121. The Hall–Kier alpha value is -2.34. The van der Waals surface area contributed by atoms with Crippen molar-refractivity contribution in [2.75, 3.05) is 0 Å². The zero-order valence-electron chi connectivity index (χ0n) is 11.7. The molecule has 0 aromatic heterocycles. The molecule has 0 heteroatoms. The monoisotopic (exact) mass is 258 g/mol. The van der Waals surface area contributed by atoms with Gasteiger partial charge in [0, 0.05) is 5.41 Å². The van der Waals surface area contributed by atoms with Crippen LogP contribution in [0.1, 0.15) is 23.6 Å². The van der Waals surface area contributed by atoms with Crippen molar-refractivity contribution in [3.05, 3.63) is 108 Å². The van der Waals surface area contributed by atoms with E-state index >= 15 is 0 Å². The molecule has 3 rings (SSSR count). The van der Waals surface area contributed by atoms with Gasteiger partial charge >= 0.3 is 0 Å². The van der Waals surface area contributed by atoms with Crippen LogP contribution in [-0.2, 0) is 5.41 Å². The van der Waals surface area contributed by atoms with E-state index in [9.17, 15) is 0 Å². The van der Waals surface area contributed by atoms with Crippen LogP contribution in [0, 0.1) is 0 Å². The quantitative estimate of drug-likeness (QED) is 0.577. The van der Waals surface area contributed by atoms with Gasteiger partial charge in [-0.1, -0.05) is 91.0 Å². The van der Waals surface area contributed by atoms with Crippen LogP contribution in [0.2, 0.25) is 0 Å². The molecule has 0 spiro atoms. The first kappa shape index (κ1) is 12.7. The molecule has 0 saturated carbocycles. The van der Waals surface area contributed by atoms with E-state index in [4.69, 9.17) is 0 Å². The zero-order valence-corrected chi connectivity index (χ0v) is 11.7. The molecule has 0 unspecified atom stereocenters. The summed E-state index contributed by atoms with van der Waals surface area (Å²) >= 11 is 0. The first-order valence-corrected chi connectivity index (χ1v) is 6.98. The SMILES string of the molecule is CC(c1ccccc1)(c1ccccc1)c1ccccc1. The van der Waals surface area contributed by atoms with Gasteiger partial charge in [-0.05, 0) is 23.6 Å². The van der Waals surface area contributed by atoms with Gasteiger partial charge in [0.05, 0.1) is 0 Å². The number of benzene rings is 3. The molecular weight excluding hydrogens is 240 g/mol. The second-order valence-corrected chi connectivity index (χ2v) is 5.22. The van der Waals surface area contributed by atoms with E-state index in [-0.39, 0.29) is 5.41 Å². The maximum Gasteiger partial charge on any atom is 0.0423 e. The Kier molecular flexibility index (Phi) is 3.39. The minimum absolute atomic E-state index is 0.121. The van der Waals surface area contributed by atoms with Crippen molar-refractivity contribution in [2.45, 2.75) is 12.3 Å². The molecule has 0 aliphatic heterocycles. The van der Waals surface area contributed by atoms with Crippen molar-refractivity contribution in [3.63, 3.8) is 0 Å². The summed E-state index contributed by atoms with van der Waals surface area (Å²) in [6, 6.07) is 32.1. The van der Waals surface area contributed by atoms with Crippen LogP contribution in [-0.4, -0.2) is 0 Å². The highest BCUT2D eigenvalue weighted by molar-refractivity contribution is 5.49. The van der Waals surface area contributed by atoms with Gasteiger partial charge < -0.3 is 0 Å². The average Bonchev–Trinajstić information content (AvgIpc) is 2.56. The fourth-order valence-electron chi connectivity index (χ4n) is 2.81. The lowest BCUT2D eigenvalue weighted by Crippen LogP contribution is -2.25. The topological polar surface area (TPSA) is 0 Å². The van der Waals surface area contributed by atoms with E-state index in [0.29, 0.717) is 0 Å². The summed E-state index contributed by atoms with van der Waals surface area (Å²) < 4.78 is 0. The van der Waals surface area contributed by atoms with Gasteiger partial charge in [0.25, 0.3) is 0 Å². The summed E-state index contributed by atoms with van der Waals surface area (Å²) in [6.45, 7) is 2.30. The summed E-state index contributed by atoms with van der Waals surface area (Å²) in [4.78, 5) is 0. The predicted octanol–water partition coefficient (Wildman–Crippen LogP) is 5.04. The highest BCUT2D eigenvalue weighted by Crippen LogP contribution is 2.38. The Bertz CT molecular complexity index is 558. The van der Waals surface area contributed by atoms with Crippen LogP contribution in [0.3, 0.4) is 0 Å². The van der Waals surface area contributed by atoms with E-state index < -0.39 is 0 Å². The Morgan fingerprint density at radius 3 is 0.950 bits per heavy atom. The van der Waals surface area contributed by atoms with Gasteiger partial charge in [-0.3, -0.25) is 0 Å². The molecule has 0 radical (unpaired) electrons. The lowest BCUT2D eigenvalue weighted by molar-refractivity contribution is 0.692.